The Morgan fingerprint density at radius 1 is 0.535 bits per heavy atom. The number of rotatable bonds is 47. The van der Waals surface area contributed by atoms with Gasteiger partial charge < -0.3 is 125 Å². The van der Waals surface area contributed by atoms with Crippen LogP contribution in [0, 0.1) is 5.92 Å². The summed E-state index contributed by atoms with van der Waals surface area (Å²) in [5.74, 6) is 0.140. The van der Waals surface area contributed by atoms with Crippen LogP contribution in [0.4, 0.5) is 0 Å². The van der Waals surface area contributed by atoms with Crippen molar-refractivity contribution >= 4 is 23.5 Å². The lowest BCUT2D eigenvalue weighted by atomic mass is 9.83. The summed E-state index contributed by atoms with van der Waals surface area (Å²) in [5, 5.41) is 110. The van der Waals surface area contributed by atoms with E-state index >= 15 is 0 Å². The molecule has 1 aliphatic carbocycles. The van der Waals surface area contributed by atoms with Crippen LogP contribution in [0.2, 0.25) is 0 Å². The van der Waals surface area contributed by atoms with E-state index in [0.717, 1.165) is 25.7 Å². The topological polar surface area (TPSA) is 407 Å². The number of nitrogens with one attached hydrogen (secondary N) is 1. The first-order chi connectivity index (χ1) is 41.6. The number of thioether (sulfide) groups is 1. The van der Waals surface area contributed by atoms with Gasteiger partial charge in [0.1, 0.15) is 66.9 Å². The molecule has 0 spiro atoms. The first-order valence-corrected chi connectivity index (χ1v) is 32.7. The number of carbonyl (C=O) groups is 1. The maximum Gasteiger partial charge on any atom is 0.219 e. The fourth-order valence-electron chi connectivity index (χ4n) is 10.5. The van der Waals surface area contributed by atoms with Gasteiger partial charge >= 0.3 is 0 Å². The maximum absolute atomic E-state index is 11.9. The molecule has 27 nitrogen and oxygen atoms in total. The Hall–Kier alpha value is -1.63. The quantitative estimate of drug-likeness (QED) is 0.0200. The van der Waals surface area contributed by atoms with Crippen molar-refractivity contribution in [3.63, 3.8) is 0 Å². The highest BCUT2D eigenvalue weighted by atomic mass is 32.2. The minimum Gasteiger partial charge on any atom is -0.396 e. The van der Waals surface area contributed by atoms with E-state index in [2.05, 4.69) is 17.2 Å². The van der Waals surface area contributed by atoms with E-state index in [4.69, 9.17) is 68.3 Å². The van der Waals surface area contributed by atoms with Crippen LogP contribution in [0.15, 0.2) is 4.99 Å². The number of ether oxygens (including phenoxy) is 12. The summed E-state index contributed by atoms with van der Waals surface area (Å²) in [4.78, 5) is 16.3. The SMILES string of the molecule is CCCCCC(=O)NCCCOCCCOC1C(OCC)OC(CCCOC2OC(CCCOC3OC(CC)C(O)C(O)C3OCCCOCCCN)C(O)C(O)C2OCCCOCCCN=C(N)CSC2CC(CO)C(O)C(O)C2O)C(O)C1O. The van der Waals surface area contributed by atoms with Gasteiger partial charge in [0.25, 0.3) is 0 Å². The molecule has 1 saturated carbocycles. The minimum absolute atomic E-state index is 0.0399. The molecule has 15 N–H and O–H groups in total. The molecule has 20 unspecified atom stereocenters. The van der Waals surface area contributed by atoms with Gasteiger partial charge in [-0.2, -0.15) is 0 Å². The minimum atomic E-state index is -1.44. The summed E-state index contributed by atoms with van der Waals surface area (Å²) in [6, 6.07) is 0. The third-order valence-corrected chi connectivity index (χ3v) is 16.9. The number of nitrogens with two attached hydrogens (primary N) is 2. The average molecular weight is 1260 g/mol. The van der Waals surface area contributed by atoms with Crippen LogP contribution < -0.4 is 16.8 Å². The second kappa shape index (κ2) is 44.8. The van der Waals surface area contributed by atoms with E-state index in [-0.39, 0.29) is 65.0 Å². The summed E-state index contributed by atoms with van der Waals surface area (Å²) >= 11 is 1.31. The Kier molecular flexibility index (Phi) is 40.0. The smallest absolute Gasteiger partial charge is 0.219 e. The Morgan fingerprint density at radius 3 is 1.51 bits per heavy atom. The largest absolute Gasteiger partial charge is 0.396 e. The molecule has 0 bridgehead atoms. The summed E-state index contributed by atoms with van der Waals surface area (Å²) < 4.78 is 71.9. The Labute approximate surface area is 512 Å². The van der Waals surface area contributed by atoms with Crippen molar-refractivity contribution in [1.82, 2.24) is 5.32 Å². The maximum atomic E-state index is 11.9. The second-order valence-corrected chi connectivity index (χ2v) is 23.6. The van der Waals surface area contributed by atoms with Crippen molar-refractivity contribution < 1.29 is 113 Å². The standard InChI is InChI=1S/C58H110N4O23S/c1-4-7-8-19-43(64)62-22-13-25-76-28-15-31-78-53-51(72)46(67)39(84-56(53)77-6-3)17-9-30-82-58-55(80-33-16-27-75-24-12-21-61-42(60)36-86-41-34-37(35-63)44(65)49(70)48(41)69)52(73)47(68)40(85-58)18-10-29-81-57-54(50(71)45(66)38(5-2)83-57)79-32-14-26-74-23-11-20-59/h37-41,44-58,63,65-73H,4-36,59H2,1-3H3,(H2,60,61)(H,62,64). The zero-order chi connectivity index (χ0) is 62.6. The van der Waals surface area contributed by atoms with Crippen molar-refractivity contribution in [2.75, 3.05) is 111 Å². The molecule has 4 rings (SSSR count). The monoisotopic (exact) mass is 1260 g/mol. The molecular formula is C58H110N4O23S. The van der Waals surface area contributed by atoms with Gasteiger partial charge in [0.15, 0.2) is 18.9 Å². The van der Waals surface area contributed by atoms with E-state index in [0.29, 0.717) is 135 Å². The van der Waals surface area contributed by atoms with Gasteiger partial charge in [-0.15, -0.1) is 11.8 Å². The fraction of sp³-hybridized carbons (Fsp3) is 0.966. The zero-order valence-corrected chi connectivity index (χ0v) is 52.0. The number of hydrogen-bond acceptors (Lipinski definition) is 26. The normalized spacial score (nSPS) is 33.5. The van der Waals surface area contributed by atoms with Crippen LogP contribution >= 0.6 is 11.8 Å². The van der Waals surface area contributed by atoms with Crippen LogP contribution in [0.5, 0.6) is 0 Å². The van der Waals surface area contributed by atoms with Crippen LogP contribution in [0.3, 0.4) is 0 Å². The number of unbranched alkanes of at least 4 members (excludes halogenated alkanes) is 2. The highest BCUT2D eigenvalue weighted by Crippen LogP contribution is 2.34. The number of aliphatic imine (C=N–C) groups is 1. The van der Waals surface area contributed by atoms with Gasteiger partial charge in [-0.1, -0.05) is 26.7 Å². The summed E-state index contributed by atoms with van der Waals surface area (Å²) in [6.45, 7) is 10.2. The number of aliphatic hydroxyl groups excluding tert-OH is 10. The van der Waals surface area contributed by atoms with Gasteiger partial charge in [0.05, 0.1) is 36.3 Å². The molecule has 0 aromatic carbocycles. The molecule has 1 amide bonds. The number of nitrogens with zero attached hydrogens (tertiary/aromatic N) is 1. The van der Waals surface area contributed by atoms with Crippen LogP contribution in [0.1, 0.15) is 124 Å². The van der Waals surface area contributed by atoms with Crippen LogP contribution in [0.25, 0.3) is 0 Å². The second-order valence-electron chi connectivity index (χ2n) is 22.4. The fourth-order valence-corrected chi connectivity index (χ4v) is 11.7. The first kappa shape index (κ1) is 76.8. The lowest BCUT2D eigenvalue weighted by Crippen LogP contribution is -2.59. The predicted octanol–water partition coefficient (Wildman–Crippen LogP) is -0.878. The van der Waals surface area contributed by atoms with Gasteiger partial charge in [0, 0.05) is 117 Å². The van der Waals surface area contributed by atoms with Crippen LogP contribution in [-0.2, 0) is 61.6 Å². The van der Waals surface area contributed by atoms with E-state index in [1.54, 1.807) is 6.92 Å². The number of carbonyl (C=O) groups excluding carboxylic acids is 1. The molecular weight excluding hydrogens is 1150 g/mol. The van der Waals surface area contributed by atoms with E-state index < -0.39 is 122 Å². The highest BCUT2D eigenvalue weighted by Gasteiger charge is 2.49. The molecule has 28 heteroatoms. The molecule has 3 heterocycles. The van der Waals surface area contributed by atoms with Gasteiger partial charge in [-0.25, -0.2) is 0 Å². The molecule has 3 aliphatic heterocycles. The summed E-state index contributed by atoms with van der Waals surface area (Å²) in [6.07, 6.45) is -11.7. The summed E-state index contributed by atoms with van der Waals surface area (Å²) in [7, 11) is 0. The number of hydrogen-bond donors (Lipinski definition) is 13. The Balaban J connectivity index is 1.27. The lowest BCUT2D eigenvalue weighted by molar-refractivity contribution is -0.314. The number of aliphatic hydroxyl groups is 10. The molecule has 20 atom stereocenters. The molecule has 0 aromatic rings. The Morgan fingerprint density at radius 2 is 1.01 bits per heavy atom. The van der Waals surface area contributed by atoms with Gasteiger partial charge in [-0.3, -0.25) is 9.79 Å². The third-order valence-electron chi connectivity index (χ3n) is 15.6. The first-order valence-electron chi connectivity index (χ1n) is 31.6. The lowest BCUT2D eigenvalue weighted by Gasteiger charge is -2.43. The van der Waals surface area contributed by atoms with Crippen molar-refractivity contribution in [2.45, 2.75) is 239 Å². The highest BCUT2D eigenvalue weighted by molar-refractivity contribution is 8.00. The molecule has 86 heavy (non-hydrogen) atoms. The van der Waals surface area contributed by atoms with E-state index in [9.17, 15) is 55.9 Å². The predicted molar refractivity (Wildman–Crippen MR) is 316 cm³/mol. The van der Waals surface area contributed by atoms with Crippen molar-refractivity contribution in [3.05, 3.63) is 0 Å². The van der Waals surface area contributed by atoms with Crippen molar-refractivity contribution in [3.8, 4) is 0 Å². The zero-order valence-electron chi connectivity index (χ0n) is 51.2. The molecule has 0 aromatic heterocycles. The van der Waals surface area contributed by atoms with Crippen LogP contribution in [-0.4, -0.2) is 290 Å². The molecule has 506 valence electrons. The number of amides is 1. The molecule has 3 saturated heterocycles. The average Bonchev–Trinajstić information content (AvgIpc) is 2.10. The molecule has 4 aliphatic rings. The molecule has 4 fully saturated rings. The Bertz CT molecular complexity index is 1760. The van der Waals surface area contributed by atoms with Gasteiger partial charge in [-0.05, 0) is 96.9 Å². The van der Waals surface area contributed by atoms with Crippen molar-refractivity contribution in [2.24, 2.45) is 22.4 Å². The number of amidine groups is 1. The summed E-state index contributed by atoms with van der Waals surface area (Å²) in [5.41, 5.74) is 11.6. The molecule has 0 radical (unpaired) electrons. The van der Waals surface area contributed by atoms with Crippen molar-refractivity contribution in [1.29, 1.82) is 0 Å². The third kappa shape index (κ3) is 26.9. The van der Waals surface area contributed by atoms with E-state index in [1.807, 2.05) is 6.92 Å². The van der Waals surface area contributed by atoms with E-state index in [1.165, 1.54) is 11.8 Å². The van der Waals surface area contributed by atoms with Gasteiger partial charge in [0.2, 0.25) is 5.91 Å².